The number of esters is 1. The van der Waals surface area contributed by atoms with Crippen LogP contribution in [0.5, 0.6) is 5.75 Å². The molecule has 1 aliphatic rings. The van der Waals surface area contributed by atoms with Gasteiger partial charge in [-0.25, -0.2) is 4.79 Å². The molecule has 3 rings (SSSR count). The van der Waals surface area contributed by atoms with Crippen LogP contribution in [0.3, 0.4) is 0 Å². The zero-order chi connectivity index (χ0) is 18.5. The number of benzene rings is 2. The maximum Gasteiger partial charge on any atom is 0.387 e. The number of amides is 1. The largest absolute Gasteiger partial charge is 0.452 e. The zero-order valence-electron chi connectivity index (χ0n) is 13.8. The molecule has 1 amide bonds. The van der Waals surface area contributed by atoms with E-state index in [0.29, 0.717) is 11.3 Å². The summed E-state index contributed by atoms with van der Waals surface area (Å²) in [6, 6.07) is 10.9. The number of aryl methyl sites for hydroxylation is 2. The van der Waals surface area contributed by atoms with Crippen LogP contribution in [0.25, 0.3) is 0 Å². The van der Waals surface area contributed by atoms with Crippen molar-refractivity contribution in [3.63, 3.8) is 0 Å². The Labute approximate surface area is 148 Å². The van der Waals surface area contributed by atoms with Crippen LogP contribution in [0.1, 0.15) is 27.9 Å². The van der Waals surface area contributed by atoms with Crippen molar-refractivity contribution in [2.75, 3.05) is 11.9 Å². The summed E-state index contributed by atoms with van der Waals surface area (Å²) in [5.74, 6) is -1.10. The van der Waals surface area contributed by atoms with E-state index in [1.54, 1.807) is 6.07 Å². The first-order chi connectivity index (χ1) is 12.5. The Morgan fingerprint density at radius 1 is 1.04 bits per heavy atom. The molecule has 7 heteroatoms. The minimum Gasteiger partial charge on any atom is -0.452 e. The monoisotopic (exact) mass is 361 g/mol. The van der Waals surface area contributed by atoms with E-state index in [0.717, 1.165) is 24.8 Å². The van der Waals surface area contributed by atoms with Gasteiger partial charge in [0.1, 0.15) is 5.75 Å². The number of nitrogens with one attached hydrogen (secondary N) is 1. The van der Waals surface area contributed by atoms with Crippen LogP contribution in [0.15, 0.2) is 42.5 Å². The first kappa shape index (κ1) is 17.8. The van der Waals surface area contributed by atoms with E-state index in [2.05, 4.69) is 10.1 Å². The van der Waals surface area contributed by atoms with Gasteiger partial charge in [-0.15, -0.1) is 0 Å². The molecular formula is C19H17F2NO4. The molecule has 0 unspecified atom stereocenters. The molecule has 136 valence electrons. The molecular weight excluding hydrogens is 344 g/mol. The first-order valence-electron chi connectivity index (χ1n) is 8.15. The van der Waals surface area contributed by atoms with Crippen molar-refractivity contribution in [1.29, 1.82) is 0 Å². The number of rotatable bonds is 6. The normalized spacial score (nSPS) is 12.6. The number of fused-ring (bicyclic) bond motifs is 1. The second-order valence-corrected chi connectivity index (χ2v) is 5.86. The fraction of sp³-hybridized carbons (Fsp3) is 0.263. The van der Waals surface area contributed by atoms with Gasteiger partial charge in [0.15, 0.2) is 6.61 Å². The molecule has 1 aliphatic carbocycles. The third-order valence-electron chi connectivity index (χ3n) is 4.03. The molecule has 1 N–H and O–H groups in total. The fourth-order valence-electron chi connectivity index (χ4n) is 2.83. The zero-order valence-corrected chi connectivity index (χ0v) is 13.8. The highest BCUT2D eigenvalue weighted by Gasteiger charge is 2.15. The number of hydrogen-bond acceptors (Lipinski definition) is 4. The van der Waals surface area contributed by atoms with Gasteiger partial charge in [-0.3, -0.25) is 4.79 Å². The van der Waals surface area contributed by atoms with E-state index >= 15 is 0 Å². The van der Waals surface area contributed by atoms with Gasteiger partial charge in [0.2, 0.25) is 0 Å². The highest BCUT2D eigenvalue weighted by molar-refractivity contribution is 5.95. The Kier molecular flexibility index (Phi) is 5.46. The predicted octanol–water partition coefficient (Wildman–Crippen LogP) is 3.57. The van der Waals surface area contributed by atoms with Crippen molar-refractivity contribution < 1.29 is 27.8 Å². The van der Waals surface area contributed by atoms with Crippen molar-refractivity contribution in [2.24, 2.45) is 0 Å². The second-order valence-electron chi connectivity index (χ2n) is 5.86. The maximum atomic E-state index is 12.1. The summed E-state index contributed by atoms with van der Waals surface area (Å²) in [5, 5.41) is 2.51. The summed E-state index contributed by atoms with van der Waals surface area (Å²) in [6.07, 6.45) is 3.05. The molecule has 0 saturated carbocycles. The lowest BCUT2D eigenvalue weighted by Gasteiger charge is -2.09. The van der Waals surface area contributed by atoms with Gasteiger partial charge >= 0.3 is 12.6 Å². The number of anilines is 1. The van der Waals surface area contributed by atoms with Crippen molar-refractivity contribution in [3.8, 4) is 5.75 Å². The third-order valence-corrected chi connectivity index (χ3v) is 4.03. The van der Waals surface area contributed by atoms with Crippen LogP contribution in [-0.2, 0) is 22.4 Å². The summed E-state index contributed by atoms with van der Waals surface area (Å²) in [7, 11) is 0. The number of halogens is 2. The third kappa shape index (κ3) is 4.56. The van der Waals surface area contributed by atoms with Gasteiger partial charge in [0, 0.05) is 5.69 Å². The van der Waals surface area contributed by atoms with Crippen LogP contribution in [0, 0.1) is 0 Å². The molecule has 0 radical (unpaired) electrons. The van der Waals surface area contributed by atoms with Crippen molar-refractivity contribution in [3.05, 3.63) is 59.2 Å². The van der Waals surface area contributed by atoms with Crippen LogP contribution < -0.4 is 10.1 Å². The summed E-state index contributed by atoms with van der Waals surface area (Å²) >= 11 is 0. The quantitative estimate of drug-likeness (QED) is 0.799. The van der Waals surface area contributed by atoms with Crippen LogP contribution >= 0.6 is 0 Å². The molecule has 26 heavy (non-hydrogen) atoms. The molecule has 0 aromatic heterocycles. The molecule has 0 spiro atoms. The Hall–Kier alpha value is -2.96. The van der Waals surface area contributed by atoms with Gasteiger partial charge in [0.25, 0.3) is 5.91 Å². The average molecular weight is 361 g/mol. The number of carbonyl (C=O) groups is 2. The molecule has 2 aromatic carbocycles. The van der Waals surface area contributed by atoms with Gasteiger partial charge in [0.05, 0.1) is 5.56 Å². The van der Waals surface area contributed by atoms with Gasteiger partial charge in [-0.1, -0.05) is 6.07 Å². The molecule has 0 bridgehead atoms. The Balaban J connectivity index is 1.50. The number of alkyl halides is 2. The molecule has 0 aliphatic heterocycles. The summed E-state index contributed by atoms with van der Waals surface area (Å²) in [4.78, 5) is 23.9. The Morgan fingerprint density at radius 2 is 1.77 bits per heavy atom. The predicted molar refractivity (Wildman–Crippen MR) is 90.5 cm³/mol. The minimum atomic E-state index is -2.91. The summed E-state index contributed by atoms with van der Waals surface area (Å²) in [5.41, 5.74) is 3.20. The lowest BCUT2D eigenvalue weighted by Crippen LogP contribution is -2.21. The lowest BCUT2D eigenvalue weighted by molar-refractivity contribution is -0.119. The average Bonchev–Trinajstić information content (AvgIpc) is 3.08. The highest BCUT2D eigenvalue weighted by atomic mass is 19.3. The Morgan fingerprint density at radius 3 is 2.50 bits per heavy atom. The van der Waals surface area contributed by atoms with E-state index in [1.165, 1.54) is 29.8 Å². The first-order valence-corrected chi connectivity index (χ1v) is 8.15. The Bertz CT molecular complexity index is 806. The van der Waals surface area contributed by atoms with Gasteiger partial charge in [-0.05, 0) is 66.8 Å². The molecule has 0 saturated heterocycles. The minimum absolute atomic E-state index is 0.0129. The maximum absolute atomic E-state index is 12.1. The fourth-order valence-corrected chi connectivity index (χ4v) is 2.83. The van der Waals surface area contributed by atoms with E-state index in [1.807, 2.05) is 12.1 Å². The number of hydrogen-bond donors (Lipinski definition) is 1. The van der Waals surface area contributed by atoms with Gasteiger partial charge < -0.3 is 14.8 Å². The number of ether oxygens (including phenoxy) is 2. The van der Waals surface area contributed by atoms with Crippen LogP contribution in [-0.4, -0.2) is 25.1 Å². The van der Waals surface area contributed by atoms with Crippen molar-refractivity contribution in [1.82, 2.24) is 0 Å². The summed E-state index contributed by atoms with van der Waals surface area (Å²) < 4.78 is 33.4. The van der Waals surface area contributed by atoms with Crippen LogP contribution in [0.2, 0.25) is 0 Å². The van der Waals surface area contributed by atoms with Crippen molar-refractivity contribution in [2.45, 2.75) is 25.9 Å². The molecule has 0 heterocycles. The smallest absolute Gasteiger partial charge is 0.387 e. The summed E-state index contributed by atoms with van der Waals surface area (Å²) in [6.45, 7) is -3.35. The second kappa shape index (κ2) is 7.95. The topological polar surface area (TPSA) is 64.6 Å². The standard InChI is InChI=1S/C19H17F2NO4/c20-19(21)26-16-8-6-15(7-9-16)22-17(23)11-25-18(24)14-5-4-12-2-1-3-13(12)10-14/h4-10,19H,1-3,11H2,(H,22,23). The van der Waals surface area contributed by atoms with E-state index < -0.39 is 25.1 Å². The SMILES string of the molecule is O=C(COC(=O)c1ccc2c(c1)CCC2)Nc1ccc(OC(F)F)cc1. The van der Waals surface area contributed by atoms with Crippen molar-refractivity contribution >= 4 is 17.6 Å². The molecule has 5 nitrogen and oxygen atoms in total. The van der Waals surface area contributed by atoms with E-state index in [4.69, 9.17) is 4.74 Å². The molecule has 0 fully saturated rings. The highest BCUT2D eigenvalue weighted by Crippen LogP contribution is 2.23. The number of carbonyl (C=O) groups excluding carboxylic acids is 2. The van der Waals surface area contributed by atoms with Crippen LogP contribution in [0.4, 0.5) is 14.5 Å². The molecule has 2 aromatic rings. The van der Waals surface area contributed by atoms with E-state index in [9.17, 15) is 18.4 Å². The van der Waals surface area contributed by atoms with Gasteiger partial charge in [-0.2, -0.15) is 8.78 Å². The molecule has 0 atom stereocenters. The van der Waals surface area contributed by atoms with E-state index in [-0.39, 0.29) is 5.75 Å². The lowest BCUT2D eigenvalue weighted by atomic mass is 10.1.